The highest BCUT2D eigenvalue weighted by atomic mass is 32.2. The van der Waals surface area contributed by atoms with E-state index in [1.807, 2.05) is 122 Å². The van der Waals surface area contributed by atoms with E-state index >= 15 is 0 Å². The van der Waals surface area contributed by atoms with Crippen LogP contribution in [-0.2, 0) is 135 Å². The molecule has 0 radical (unpaired) electrons. The van der Waals surface area contributed by atoms with Crippen LogP contribution in [0.1, 0.15) is 237 Å². The van der Waals surface area contributed by atoms with Gasteiger partial charge in [-0.3, -0.25) is 23.5 Å². The normalized spacial score (nSPS) is 11.4. The first kappa shape index (κ1) is 117. The highest BCUT2D eigenvalue weighted by Crippen LogP contribution is 2.35. The summed E-state index contributed by atoms with van der Waals surface area (Å²) in [4.78, 5) is 102. The predicted molar refractivity (Wildman–Crippen MR) is 511 cm³/mol. The molecular weight excluding hydrogens is 1680 g/mol. The van der Waals surface area contributed by atoms with Gasteiger partial charge in [0.25, 0.3) is 0 Å². The number of nitrogens with zero attached hydrogens (tertiary/aromatic N) is 2. The summed E-state index contributed by atoms with van der Waals surface area (Å²) in [6, 6.07) is 52.0. The van der Waals surface area contributed by atoms with Gasteiger partial charge in [0.05, 0.1) is 67.8 Å². The summed E-state index contributed by atoms with van der Waals surface area (Å²) in [5.41, 5.74) is 11.2. The van der Waals surface area contributed by atoms with E-state index in [-0.39, 0.29) is 113 Å². The fourth-order valence-corrected chi connectivity index (χ4v) is 12.7. The Labute approximate surface area is 774 Å². The summed E-state index contributed by atoms with van der Waals surface area (Å²) in [7, 11) is 5.68. The molecule has 0 N–H and O–H groups in total. The van der Waals surface area contributed by atoms with Crippen molar-refractivity contribution in [2.45, 2.75) is 243 Å². The molecule has 720 valence electrons. The molecule has 7 rings (SSSR count). The van der Waals surface area contributed by atoms with Crippen LogP contribution in [-0.4, -0.2) is 170 Å². The molecule has 0 aliphatic carbocycles. The van der Waals surface area contributed by atoms with Crippen LogP contribution < -0.4 is 32.9 Å². The third-order valence-electron chi connectivity index (χ3n) is 19.4. The van der Waals surface area contributed by atoms with E-state index in [0.29, 0.717) is 59.6 Å². The largest absolute Gasteiger partial charge is 0.482 e. The number of methoxy groups -OCH3 is 7. The summed E-state index contributed by atoms with van der Waals surface area (Å²) < 4.78 is 89.8. The lowest BCUT2D eigenvalue weighted by Gasteiger charge is -2.25. The zero-order chi connectivity index (χ0) is 99.4. The Hall–Kier alpha value is -11.5. The average molecular weight is 1830 g/mol. The van der Waals surface area contributed by atoms with E-state index in [1.54, 1.807) is 38.1 Å². The summed E-state index contributed by atoms with van der Waals surface area (Å²) >= 11 is 0. The molecule has 0 bridgehead atoms. The van der Waals surface area contributed by atoms with Gasteiger partial charge >= 0.3 is 47.8 Å². The first-order valence-electron chi connectivity index (χ1n) is 43.2. The number of amides is 1. The SMILES string of the molecule is CCCCS(=O)(=O)N(CC(=O)OC)c1ccc(C(C)(C)C)cc1.CCOC(=O)COc1ccc(C(C)(C)C)cc1.COC(=O)C(C)Oc1ccc(C(C)(C)C)cc1.COC(=O)CCc1ccc(C(C)(C)C)cc1.COC(=O)CN(C(C)=O)c1ccc(C(C)(C)C)cc1.COC(=O)COc1ccc(C(C)(C)C)cc1.COC(=O)COc1ccc(C(C)(C)C)cc1OCC(=O)OC. The van der Waals surface area contributed by atoms with Crippen molar-refractivity contribution < 1.29 is 113 Å². The van der Waals surface area contributed by atoms with Crippen molar-refractivity contribution in [2.24, 2.45) is 0 Å². The Bertz CT molecular complexity index is 4630. The molecule has 7 aromatic rings. The predicted octanol–water partition coefficient (Wildman–Crippen LogP) is 19.2. The molecule has 7 aromatic carbocycles. The molecule has 1 unspecified atom stereocenters. The second kappa shape index (κ2) is 55.5. The van der Waals surface area contributed by atoms with Gasteiger partial charge in [0.15, 0.2) is 44.0 Å². The fourth-order valence-electron chi connectivity index (χ4n) is 11.0. The van der Waals surface area contributed by atoms with Crippen LogP contribution in [0.25, 0.3) is 0 Å². The Morgan fingerprint density at radius 3 is 1.00 bits per heavy atom. The molecule has 0 heterocycles. The zero-order valence-corrected chi connectivity index (χ0v) is 84.1. The molecule has 26 nitrogen and oxygen atoms in total. The van der Waals surface area contributed by atoms with E-state index in [4.69, 9.17) is 28.4 Å². The Morgan fingerprint density at radius 1 is 0.346 bits per heavy atom. The average Bonchev–Trinajstić information content (AvgIpc) is 0.803. The number of ether oxygens (including phenoxy) is 13. The van der Waals surface area contributed by atoms with E-state index < -0.39 is 40.0 Å². The Morgan fingerprint density at radius 2 is 0.662 bits per heavy atom. The van der Waals surface area contributed by atoms with Gasteiger partial charge in [-0.2, -0.15) is 0 Å². The van der Waals surface area contributed by atoms with Gasteiger partial charge in [-0.15, -0.1) is 0 Å². The molecular formula is C103H148N2O24S. The van der Waals surface area contributed by atoms with Gasteiger partial charge in [-0.05, 0) is 182 Å². The van der Waals surface area contributed by atoms with Crippen molar-refractivity contribution in [3.8, 4) is 28.7 Å². The highest BCUT2D eigenvalue weighted by molar-refractivity contribution is 7.92. The van der Waals surface area contributed by atoms with E-state index in [1.165, 1.54) is 95.0 Å². The number of rotatable bonds is 29. The third-order valence-corrected chi connectivity index (χ3v) is 21.2. The van der Waals surface area contributed by atoms with Crippen molar-refractivity contribution in [3.63, 3.8) is 0 Å². The zero-order valence-electron chi connectivity index (χ0n) is 83.3. The van der Waals surface area contributed by atoms with Gasteiger partial charge in [-0.25, -0.2) is 32.4 Å². The number of unbranched alkanes of at least 4 members (excludes halogenated alkanes) is 1. The van der Waals surface area contributed by atoms with Gasteiger partial charge in [0, 0.05) is 19.0 Å². The smallest absolute Gasteiger partial charge is 0.346 e. The number of aryl methyl sites for hydroxylation is 1. The lowest BCUT2D eigenvalue weighted by molar-refractivity contribution is -0.148. The van der Waals surface area contributed by atoms with Gasteiger partial charge in [-0.1, -0.05) is 250 Å². The minimum atomic E-state index is -3.56. The second-order valence-electron chi connectivity index (χ2n) is 37.3. The molecule has 1 atom stereocenters. The highest BCUT2D eigenvalue weighted by Gasteiger charge is 2.28. The molecule has 27 heteroatoms. The molecule has 0 saturated carbocycles. The topological polar surface area (TPSA) is 314 Å². The van der Waals surface area contributed by atoms with E-state index in [0.717, 1.165) is 28.3 Å². The van der Waals surface area contributed by atoms with Gasteiger partial charge in [0.2, 0.25) is 15.9 Å². The van der Waals surface area contributed by atoms with Crippen molar-refractivity contribution in [1.29, 1.82) is 0 Å². The fraction of sp³-hybridized carbons (Fsp3) is 0.505. The van der Waals surface area contributed by atoms with Crippen molar-refractivity contribution >= 4 is 75.1 Å². The molecule has 0 aromatic heterocycles. The summed E-state index contributed by atoms with van der Waals surface area (Å²) in [5.74, 6) is -0.643. The molecule has 130 heavy (non-hydrogen) atoms. The van der Waals surface area contributed by atoms with Gasteiger partial charge in [0.1, 0.15) is 30.3 Å². The van der Waals surface area contributed by atoms with Crippen molar-refractivity contribution in [3.05, 3.63) is 208 Å². The molecule has 0 aliphatic rings. The summed E-state index contributed by atoms with van der Waals surface area (Å²) in [6.07, 6.45) is 1.94. The molecule has 0 spiro atoms. The third kappa shape index (κ3) is 45.7. The van der Waals surface area contributed by atoms with Crippen LogP contribution in [0, 0.1) is 0 Å². The number of sulfonamides is 1. The number of esters is 8. The van der Waals surface area contributed by atoms with E-state index in [9.17, 15) is 51.6 Å². The lowest BCUT2D eigenvalue weighted by atomic mass is 9.86. The molecule has 0 aliphatic heterocycles. The quantitative estimate of drug-likeness (QED) is 0.0310. The molecule has 1 amide bonds. The minimum absolute atomic E-state index is 0.0154. The first-order chi connectivity index (χ1) is 60.3. The standard InChI is InChI=1S/C17H27NO4S.C16H22O6.C15H21NO3.2C14H20O3.C14H20O2.C13H18O3/c1-6-7-12-23(20,21)18(13-16(19)22-5)15-10-8-14(9-11-15)17(2,3)4;1-16(2,3)11-6-7-12(21-9-14(17)19-4)13(8-11)22-10-15(18)20-5;1-11(17)16(10-14(18)19-5)13-8-6-12(7-9-13)15(2,3)4;1-10(13(15)16-5)17-12-8-6-11(7-9-12)14(2,3)4;1-5-16-13(15)10-17-12-8-6-11(7-9-12)14(2,3)4;1-14(2,3)12-8-5-11(6-9-12)7-10-13(15)16-4;1-13(2,3)10-5-7-11(8-6-10)16-9-12(14)15-4/h8-11H,6-7,12-13H2,1-5H3;6-8H,9-10H2,1-5H3;6-9H,10H2,1-5H3;6-10H,1-5H3;6-9H,5,10H2,1-4H3;5-6,8-9H,7,10H2,1-4H3;5-8H,9H2,1-4H3. The molecule has 0 fully saturated rings. The summed E-state index contributed by atoms with van der Waals surface area (Å²) in [5, 5.41) is 0. The number of anilines is 2. The van der Waals surface area contributed by atoms with E-state index in [2.05, 4.69) is 203 Å². The van der Waals surface area contributed by atoms with Gasteiger partial charge < -0.3 is 66.5 Å². The maximum absolute atomic E-state index is 12.5. The number of carbonyl (C=O) groups excluding carboxylic acids is 9. The Kier molecular flexibility index (Phi) is 49.8. The Balaban J connectivity index is 0.000000761. The van der Waals surface area contributed by atoms with Crippen LogP contribution in [0.5, 0.6) is 28.7 Å². The first-order valence-corrected chi connectivity index (χ1v) is 44.8. The van der Waals surface area contributed by atoms with Crippen LogP contribution in [0.4, 0.5) is 11.4 Å². The van der Waals surface area contributed by atoms with Crippen molar-refractivity contribution in [2.75, 3.05) is 111 Å². The lowest BCUT2D eigenvalue weighted by Crippen LogP contribution is -2.37. The maximum atomic E-state index is 12.5. The number of hydrogen-bond acceptors (Lipinski definition) is 24. The maximum Gasteiger partial charge on any atom is 0.346 e. The van der Waals surface area contributed by atoms with Crippen LogP contribution in [0.3, 0.4) is 0 Å². The molecule has 0 saturated heterocycles. The van der Waals surface area contributed by atoms with Crippen LogP contribution >= 0.6 is 0 Å². The van der Waals surface area contributed by atoms with Crippen molar-refractivity contribution in [1.82, 2.24) is 0 Å². The van der Waals surface area contributed by atoms with Crippen LogP contribution in [0.15, 0.2) is 164 Å². The number of hydrogen-bond donors (Lipinski definition) is 0. The summed E-state index contributed by atoms with van der Waals surface area (Å²) in [6.45, 7) is 51.0. The second-order valence-corrected chi connectivity index (χ2v) is 39.3. The number of benzene rings is 7. The minimum Gasteiger partial charge on any atom is -0.482 e. The number of carbonyl (C=O) groups is 9. The monoisotopic (exact) mass is 1830 g/mol. The van der Waals surface area contributed by atoms with Crippen LogP contribution in [0.2, 0.25) is 0 Å².